The fraction of sp³-hybridized carbons (Fsp3) is 0.205. The van der Waals surface area contributed by atoms with E-state index in [2.05, 4.69) is 134 Å². The highest BCUT2D eigenvalue weighted by molar-refractivity contribution is 6.08. The smallest absolute Gasteiger partial charge is 0.164 e. The summed E-state index contributed by atoms with van der Waals surface area (Å²) in [6.07, 6.45) is 22.8. The van der Waals surface area contributed by atoms with Gasteiger partial charge in [-0.3, -0.25) is 15.0 Å². The number of benzene rings is 4. The van der Waals surface area contributed by atoms with Crippen LogP contribution in [0.4, 0.5) is 5.69 Å². The molecule has 232 valence electrons. The lowest BCUT2D eigenvalue weighted by molar-refractivity contribution is 0.443. The molecule has 3 nitrogen and oxygen atoms in total. The summed E-state index contributed by atoms with van der Waals surface area (Å²) in [4.78, 5) is 15.1. The third-order valence-electron chi connectivity index (χ3n) is 9.80. The van der Waals surface area contributed by atoms with E-state index in [1.54, 1.807) is 0 Å². The molecule has 0 N–H and O–H groups in total. The lowest BCUT2D eigenvalue weighted by Crippen LogP contribution is -2.23. The Morgan fingerprint density at radius 2 is 1.68 bits per heavy atom. The summed E-state index contributed by atoms with van der Waals surface area (Å²) in [5.41, 5.74) is 10.6. The molecule has 4 unspecified atom stereocenters. The van der Waals surface area contributed by atoms with Crippen molar-refractivity contribution < 1.29 is 0 Å². The lowest BCUT2D eigenvalue weighted by atomic mass is 9.73. The summed E-state index contributed by atoms with van der Waals surface area (Å²) in [6, 6.07) is 28.0. The molecule has 4 aromatic carbocycles. The van der Waals surface area contributed by atoms with E-state index in [-0.39, 0.29) is 23.9 Å². The monoisotopic (exact) mass is 611 g/mol. The Bertz CT molecular complexity index is 2000. The van der Waals surface area contributed by atoms with E-state index in [1.165, 1.54) is 44.2 Å². The van der Waals surface area contributed by atoms with Crippen LogP contribution in [0, 0.1) is 11.8 Å². The average Bonchev–Trinajstić information content (AvgIpc) is 3.13. The zero-order chi connectivity index (χ0) is 32.2. The van der Waals surface area contributed by atoms with Crippen LogP contribution in [0.1, 0.15) is 71.7 Å². The van der Waals surface area contributed by atoms with Crippen molar-refractivity contribution in [3.8, 4) is 0 Å². The normalized spacial score (nSPS) is 22.2. The van der Waals surface area contributed by atoms with E-state index >= 15 is 0 Å². The van der Waals surface area contributed by atoms with Crippen LogP contribution in [-0.4, -0.2) is 18.1 Å². The van der Waals surface area contributed by atoms with E-state index in [9.17, 15) is 0 Å². The topological polar surface area (TPSA) is 37.1 Å². The number of hydrogen-bond acceptors (Lipinski definition) is 3. The number of fused-ring (bicyclic) bond motifs is 3. The van der Waals surface area contributed by atoms with Gasteiger partial charge in [-0.15, -0.1) is 0 Å². The summed E-state index contributed by atoms with van der Waals surface area (Å²) in [5, 5.41) is 2.48. The summed E-state index contributed by atoms with van der Waals surface area (Å²) in [6.45, 7) is 10.8. The highest BCUT2D eigenvalue weighted by atomic mass is 15.0. The molecule has 0 amide bonds. The summed E-state index contributed by atoms with van der Waals surface area (Å²) in [7, 11) is 0. The number of rotatable bonds is 7. The maximum Gasteiger partial charge on any atom is 0.164 e. The molecule has 0 aromatic heterocycles. The van der Waals surface area contributed by atoms with Crippen LogP contribution in [0.15, 0.2) is 143 Å². The first-order valence-electron chi connectivity index (χ1n) is 16.8. The van der Waals surface area contributed by atoms with Gasteiger partial charge in [0.1, 0.15) is 0 Å². The van der Waals surface area contributed by atoms with Crippen molar-refractivity contribution in [1.82, 2.24) is 0 Å². The first-order valence-corrected chi connectivity index (χ1v) is 16.8. The maximum absolute atomic E-state index is 5.36. The van der Waals surface area contributed by atoms with E-state index in [4.69, 9.17) is 9.98 Å². The van der Waals surface area contributed by atoms with Gasteiger partial charge in [-0.25, -0.2) is 0 Å². The van der Waals surface area contributed by atoms with Crippen LogP contribution in [0.25, 0.3) is 22.4 Å². The quantitative estimate of drug-likeness (QED) is 0.186. The molecule has 0 bridgehead atoms. The number of nitrogens with zero attached hydrogens (tertiary/aromatic N) is 3. The van der Waals surface area contributed by atoms with Crippen molar-refractivity contribution in [2.45, 2.75) is 44.7 Å². The molecule has 2 heterocycles. The second-order valence-electron chi connectivity index (χ2n) is 12.6. The van der Waals surface area contributed by atoms with Gasteiger partial charge in [0.2, 0.25) is 0 Å². The van der Waals surface area contributed by atoms with Crippen LogP contribution >= 0.6 is 0 Å². The molecule has 0 saturated heterocycles. The Hall–Kier alpha value is -5.15. The minimum Gasteiger partial charge on any atom is -0.266 e. The fourth-order valence-electron chi connectivity index (χ4n) is 7.46. The van der Waals surface area contributed by atoms with Gasteiger partial charge in [0, 0.05) is 36.2 Å². The van der Waals surface area contributed by atoms with E-state index in [0.717, 1.165) is 42.6 Å². The first kappa shape index (κ1) is 30.5. The summed E-state index contributed by atoms with van der Waals surface area (Å²) in [5.74, 6) is 0.783. The molecule has 4 atom stereocenters. The largest absolute Gasteiger partial charge is 0.266 e. The first-order chi connectivity index (χ1) is 23.2. The molecule has 1 aliphatic carbocycles. The molecule has 3 aliphatic rings. The molecule has 47 heavy (non-hydrogen) atoms. The van der Waals surface area contributed by atoms with Gasteiger partial charge in [0.25, 0.3) is 0 Å². The van der Waals surface area contributed by atoms with Gasteiger partial charge in [-0.1, -0.05) is 135 Å². The lowest BCUT2D eigenvalue weighted by Gasteiger charge is -2.32. The molecule has 0 spiro atoms. The van der Waals surface area contributed by atoms with Gasteiger partial charge in [0.15, 0.2) is 6.17 Å². The number of aliphatic imine (C=N–C) groups is 3. The molecular weight excluding hydrogens is 571 g/mol. The zero-order valence-electron chi connectivity index (χ0n) is 27.1. The summed E-state index contributed by atoms with van der Waals surface area (Å²) < 4.78 is 0. The highest BCUT2D eigenvalue weighted by Crippen LogP contribution is 2.45. The third-order valence-corrected chi connectivity index (χ3v) is 9.80. The van der Waals surface area contributed by atoms with Crippen molar-refractivity contribution >= 4 is 46.2 Å². The zero-order valence-corrected chi connectivity index (χ0v) is 27.1. The van der Waals surface area contributed by atoms with Crippen LogP contribution in [0.5, 0.6) is 0 Å². The molecule has 2 aliphatic heterocycles. The average molecular weight is 612 g/mol. The molecule has 3 heteroatoms. The van der Waals surface area contributed by atoms with Gasteiger partial charge in [-0.2, -0.15) is 0 Å². The van der Waals surface area contributed by atoms with Crippen LogP contribution in [0.3, 0.4) is 0 Å². The molecule has 0 saturated carbocycles. The van der Waals surface area contributed by atoms with Gasteiger partial charge in [0.05, 0.1) is 11.4 Å². The van der Waals surface area contributed by atoms with E-state index < -0.39 is 0 Å². The van der Waals surface area contributed by atoms with Crippen LogP contribution < -0.4 is 0 Å². The predicted molar refractivity (Wildman–Crippen MR) is 202 cm³/mol. The van der Waals surface area contributed by atoms with Gasteiger partial charge in [-0.05, 0) is 75.4 Å². The molecule has 0 fully saturated rings. The fourth-order valence-corrected chi connectivity index (χ4v) is 7.46. The van der Waals surface area contributed by atoms with Crippen molar-refractivity contribution in [3.05, 3.63) is 162 Å². The minimum absolute atomic E-state index is 0.186. The third kappa shape index (κ3) is 6.06. The Kier molecular flexibility index (Phi) is 8.88. The molecule has 4 aromatic rings. The van der Waals surface area contributed by atoms with E-state index in [1.807, 2.05) is 24.4 Å². The van der Waals surface area contributed by atoms with Crippen LogP contribution in [-0.2, 0) is 6.42 Å². The van der Waals surface area contributed by atoms with Crippen molar-refractivity contribution in [1.29, 1.82) is 0 Å². The van der Waals surface area contributed by atoms with Crippen molar-refractivity contribution in [2.24, 2.45) is 26.8 Å². The standard InChI is InChI=1S/C44H41N3/c1-4-6-19-38-35(5-2)43-42(40-23-13-12-22-39(38)40)30(3)24-25-34(29-46-43)37-21-11-10-20-36(37)32-17-14-18-33(28-32)41-26-27-45-44(47-41)31-15-8-7-9-16-31/h4,6-23,27-29,34,36-37,44H,1,3,5,24-26H2,2H3/b19-6-,46-29?. The second-order valence-corrected chi connectivity index (χ2v) is 12.6. The second kappa shape index (κ2) is 13.7. The Labute approximate surface area is 278 Å². The van der Waals surface area contributed by atoms with Crippen molar-refractivity contribution in [2.75, 3.05) is 0 Å². The van der Waals surface area contributed by atoms with Gasteiger partial charge >= 0.3 is 0 Å². The SMILES string of the molecule is C=C/C=C\c1c(CC)c2c(c3ccccc13)C(=C)CCC(C1C=CC=CC1c1cccc(C3=NC(c4ccccc4)N=CC3)c1)C=N2. The Morgan fingerprint density at radius 1 is 0.894 bits per heavy atom. The molecular formula is C44H41N3. The molecule has 7 rings (SSSR count). The van der Waals surface area contributed by atoms with Crippen LogP contribution in [0.2, 0.25) is 0 Å². The number of allylic oxidation sites excluding steroid dienone is 7. The van der Waals surface area contributed by atoms with Crippen molar-refractivity contribution in [3.63, 3.8) is 0 Å². The number of hydrogen-bond donors (Lipinski definition) is 0. The predicted octanol–water partition coefficient (Wildman–Crippen LogP) is 11.2. The minimum atomic E-state index is -0.186. The molecule has 0 radical (unpaired) electrons. The van der Waals surface area contributed by atoms with E-state index in [0.29, 0.717) is 0 Å². The Balaban J connectivity index is 1.24. The summed E-state index contributed by atoms with van der Waals surface area (Å²) >= 11 is 0. The maximum atomic E-state index is 5.36. The van der Waals surface area contributed by atoms with Gasteiger partial charge < -0.3 is 0 Å². The Morgan fingerprint density at radius 3 is 2.51 bits per heavy atom. The highest BCUT2D eigenvalue weighted by Gasteiger charge is 2.30.